The fraction of sp³-hybridized carbons (Fsp3) is 0.200. The summed E-state index contributed by atoms with van der Waals surface area (Å²) < 4.78 is 5.06. The topological polar surface area (TPSA) is 50.7 Å². The number of hydrogen-bond donors (Lipinski definition) is 1. The molecule has 0 saturated heterocycles. The monoisotopic (exact) mass is 224 g/mol. The van der Waals surface area contributed by atoms with Gasteiger partial charge in [-0.15, -0.1) is 16.9 Å². The maximum absolute atomic E-state index is 10.1. The van der Waals surface area contributed by atoms with E-state index in [0.29, 0.717) is 12.3 Å². The number of hydrazone groups is 1. The molecule has 0 aliphatic rings. The quantitative estimate of drug-likeness (QED) is 0.277. The van der Waals surface area contributed by atoms with Crippen molar-refractivity contribution >= 4 is 24.1 Å². The molecular weight excluding hydrogens is 212 g/mol. The summed E-state index contributed by atoms with van der Waals surface area (Å²) in [6.45, 7) is 0. The molecule has 0 aliphatic carbocycles. The zero-order valence-electron chi connectivity index (χ0n) is 8.56. The van der Waals surface area contributed by atoms with Crippen molar-refractivity contribution in [3.8, 4) is 0 Å². The van der Waals surface area contributed by atoms with Crippen LogP contribution in [0, 0.1) is 0 Å². The van der Waals surface area contributed by atoms with E-state index in [-0.39, 0.29) is 0 Å². The van der Waals surface area contributed by atoms with E-state index in [2.05, 4.69) is 10.5 Å². The van der Waals surface area contributed by atoms with Gasteiger partial charge in [-0.3, -0.25) is 4.79 Å². The summed E-state index contributed by atoms with van der Waals surface area (Å²) in [6, 6.07) is 7.72. The first-order valence-electron chi connectivity index (χ1n) is 4.27. The Morgan fingerprint density at radius 1 is 1.60 bits per heavy atom. The first-order valence-corrected chi connectivity index (χ1v) is 5.49. The number of carbonyl (C=O) groups is 1. The number of rotatable bonds is 4. The Morgan fingerprint density at radius 2 is 2.40 bits per heavy atom. The summed E-state index contributed by atoms with van der Waals surface area (Å²) in [6.07, 6.45) is 2.49. The van der Waals surface area contributed by atoms with Gasteiger partial charge in [0.25, 0.3) is 0 Å². The highest BCUT2D eigenvalue weighted by molar-refractivity contribution is 7.98. The zero-order chi connectivity index (χ0) is 11.1. The van der Waals surface area contributed by atoms with Gasteiger partial charge in [0.05, 0.1) is 7.11 Å². The summed E-state index contributed by atoms with van der Waals surface area (Å²) in [5.74, 6) is 0.387. The van der Waals surface area contributed by atoms with Gasteiger partial charge in [-0.05, 0) is 24.5 Å². The summed E-state index contributed by atoms with van der Waals surface area (Å²) in [7, 11) is 1.51. The molecule has 1 rings (SSSR count). The van der Waals surface area contributed by atoms with Crippen molar-refractivity contribution in [3.05, 3.63) is 29.8 Å². The Labute approximate surface area is 92.7 Å². The summed E-state index contributed by atoms with van der Waals surface area (Å²) >= 11 is 1.63. The molecular formula is C10H12N2O2S. The molecule has 1 amide bonds. The zero-order valence-corrected chi connectivity index (χ0v) is 9.38. The molecule has 1 aromatic rings. The normalized spacial score (nSPS) is 10.9. The second kappa shape index (κ2) is 6.08. The third-order valence-electron chi connectivity index (χ3n) is 1.73. The van der Waals surface area contributed by atoms with Crippen LogP contribution in [0.2, 0.25) is 0 Å². The van der Waals surface area contributed by atoms with Crippen LogP contribution in [-0.4, -0.2) is 25.7 Å². The summed E-state index contributed by atoms with van der Waals surface area (Å²) in [4.78, 5) is 11.2. The minimum absolute atomic E-state index is 0.387. The smallest absolute Gasteiger partial charge is 0.238 e. The minimum atomic E-state index is 0.387. The highest BCUT2D eigenvalue weighted by Crippen LogP contribution is 2.16. The second-order valence-corrected chi connectivity index (χ2v) is 3.48. The summed E-state index contributed by atoms with van der Waals surface area (Å²) in [5, 5.41) is 3.77. The van der Waals surface area contributed by atoms with Crippen LogP contribution in [-0.2, 0) is 9.53 Å². The fourth-order valence-electron chi connectivity index (χ4n) is 1.07. The second-order valence-electron chi connectivity index (χ2n) is 2.60. The van der Waals surface area contributed by atoms with Gasteiger partial charge in [0.1, 0.15) is 0 Å². The average molecular weight is 224 g/mol. The Bertz CT molecular complexity index is 366. The van der Waals surface area contributed by atoms with Gasteiger partial charge in [-0.2, -0.15) is 0 Å². The molecule has 5 heteroatoms. The molecule has 15 heavy (non-hydrogen) atoms. The van der Waals surface area contributed by atoms with Crippen LogP contribution in [0.1, 0.15) is 5.56 Å². The third kappa shape index (κ3) is 3.28. The number of nitrogens with one attached hydrogen (secondary N) is 1. The van der Waals surface area contributed by atoms with Gasteiger partial charge in [-0.25, -0.2) is 5.43 Å². The maximum atomic E-state index is 10.1. The maximum Gasteiger partial charge on any atom is 0.238 e. The highest BCUT2D eigenvalue weighted by atomic mass is 32.2. The third-order valence-corrected chi connectivity index (χ3v) is 2.45. The average Bonchev–Trinajstić information content (AvgIpc) is 2.30. The lowest BCUT2D eigenvalue weighted by molar-refractivity contribution is -0.109. The number of benzene rings is 1. The molecule has 0 atom stereocenters. The molecule has 0 saturated carbocycles. The first-order chi connectivity index (χ1) is 7.31. The van der Waals surface area contributed by atoms with Crippen molar-refractivity contribution in [3.63, 3.8) is 0 Å². The molecule has 0 bridgehead atoms. The van der Waals surface area contributed by atoms with Crippen LogP contribution >= 0.6 is 11.8 Å². The van der Waals surface area contributed by atoms with Gasteiger partial charge >= 0.3 is 0 Å². The van der Waals surface area contributed by atoms with Crippen LogP contribution in [0.3, 0.4) is 0 Å². The van der Waals surface area contributed by atoms with E-state index in [1.165, 1.54) is 7.11 Å². The predicted octanol–water partition coefficient (Wildman–Crippen LogP) is 1.46. The van der Waals surface area contributed by atoms with Crippen molar-refractivity contribution in [2.45, 2.75) is 4.90 Å². The van der Waals surface area contributed by atoms with Crippen molar-refractivity contribution in [2.75, 3.05) is 13.4 Å². The van der Waals surface area contributed by atoms with Crippen LogP contribution in [0.4, 0.5) is 0 Å². The Balaban J connectivity index is 2.95. The van der Waals surface area contributed by atoms with E-state index in [1.54, 1.807) is 11.8 Å². The number of ether oxygens (including phenoxy) is 1. The Kier molecular flexibility index (Phi) is 4.70. The van der Waals surface area contributed by atoms with Crippen molar-refractivity contribution < 1.29 is 9.53 Å². The summed E-state index contributed by atoms with van der Waals surface area (Å²) in [5.41, 5.74) is 3.04. The first kappa shape index (κ1) is 11.6. The molecule has 1 N–H and O–H groups in total. The van der Waals surface area contributed by atoms with Gasteiger partial charge < -0.3 is 4.74 Å². The van der Waals surface area contributed by atoms with Crippen LogP contribution < -0.4 is 5.43 Å². The molecule has 0 radical (unpaired) electrons. The molecule has 80 valence electrons. The lowest BCUT2D eigenvalue weighted by Crippen LogP contribution is -2.11. The Morgan fingerprint density at radius 3 is 3.00 bits per heavy atom. The number of amides is 1. The molecule has 0 unspecified atom stereocenters. The molecule has 0 heterocycles. The van der Waals surface area contributed by atoms with Crippen LogP contribution in [0.25, 0.3) is 0 Å². The van der Waals surface area contributed by atoms with Gasteiger partial charge in [0.15, 0.2) is 0 Å². The van der Waals surface area contributed by atoms with Crippen molar-refractivity contribution in [2.24, 2.45) is 5.10 Å². The SMILES string of the molecule is COC(=NNC=O)c1cccc(SC)c1. The number of thioether (sulfide) groups is 1. The standard InChI is InChI=1S/C10H12N2O2S/c1-14-10(12-11-7-13)8-4-3-5-9(6-8)15-2/h3-7H,1-2H3,(H,11,13). The van der Waals surface area contributed by atoms with Crippen LogP contribution in [0.15, 0.2) is 34.3 Å². The van der Waals surface area contributed by atoms with Gasteiger partial charge in [0.2, 0.25) is 12.3 Å². The number of carbonyl (C=O) groups excluding carboxylic acids is 1. The van der Waals surface area contributed by atoms with Gasteiger partial charge in [-0.1, -0.05) is 6.07 Å². The molecule has 0 fully saturated rings. The number of nitrogens with zero attached hydrogens (tertiary/aromatic N) is 1. The fourth-order valence-corrected chi connectivity index (χ4v) is 1.53. The largest absolute Gasteiger partial charge is 0.480 e. The van der Waals surface area contributed by atoms with E-state index in [4.69, 9.17) is 4.74 Å². The van der Waals surface area contributed by atoms with E-state index < -0.39 is 0 Å². The van der Waals surface area contributed by atoms with E-state index in [1.807, 2.05) is 30.5 Å². The highest BCUT2D eigenvalue weighted by Gasteiger charge is 2.03. The predicted molar refractivity (Wildman–Crippen MR) is 61.0 cm³/mol. The lowest BCUT2D eigenvalue weighted by atomic mass is 10.2. The molecule has 4 nitrogen and oxygen atoms in total. The molecule has 1 aromatic carbocycles. The Hall–Kier alpha value is -1.49. The van der Waals surface area contributed by atoms with E-state index in [9.17, 15) is 4.79 Å². The van der Waals surface area contributed by atoms with E-state index in [0.717, 1.165) is 10.5 Å². The minimum Gasteiger partial charge on any atom is -0.480 e. The van der Waals surface area contributed by atoms with E-state index >= 15 is 0 Å². The van der Waals surface area contributed by atoms with Gasteiger partial charge in [0, 0.05) is 10.5 Å². The molecule has 0 spiro atoms. The molecule has 0 aromatic heterocycles. The number of hydrogen-bond acceptors (Lipinski definition) is 4. The lowest BCUT2D eigenvalue weighted by Gasteiger charge is -2.05. The molecule has 0 aliphatic heterocycles. The number of methoxy groups -OCH3 is 1. The van der Waals surface area contributed by atoms with Crippen molar-refractivity contribution in [1.29, 1.82) is 0 Å². The van der Waals surface area contributed by atoms with Crippen molar-refractivity contribution in [1.82, 2.24) is 5.43 Å². The van der Waals surface area contributed by atoms with Crippen LogP contribution in [0.5, 0.6) is 0 Å².